The van der Waals surface area contributed by atoms with Crippen molar-refractivity contribution in [2.24, 2.45) is 11.5 Å². The van der Waals surface area contributed by atoms with Crippen molar-refractivity contribution in [3.8, 4) is 0 Å². The molecule has 5 heteroatoms. The van der Waals surface area contributed by atoms with Crippen molar-refractivity contribution >= 4 is 21.8 Å². The van der Waals surface area contributed by atoms with Gasteiger partial charge in [-0.1, -0.05) is 35.0 Å². The Kier molecular flexibility index (Phi) is 5.78. The van der Waals surface area contributed by atoms with Crippen molar-refractivity contribution in [3.63, 3.8) is 0 Å². The van der Waals surface area contributed by atoms with Gasteiger partial charge in [0.25, 0.3) is 0 Å². The maximum absolute atomic E-state index is 11.1. The molecule has 18 heavy (non-hydrogen) atoms. The van der Waals surface area contributed by atoms with Gasteiger partial charge < -0.3 is 11.5 Å². The number of hydrogen-bond donors (Lipinski definition) is 2. The van der Waals surface area contributed by atoms with Crippen molar-refractivity contribution < 1.29 is 4.79 Å². The van der Waals surface area contributed by atoms with Crippen LogP contribution in [0, 0.1) is 0 Å². The van der Waals surface area contributed by atoms with Crippen molar-refractivity contribution in [3.05, 3.63) is 34.3 Å². The summed E-state index contributed by atoms with van der Waals surface area (Å²) in [5.41, 5.74) is 12.5. The second kappa shape index (κ2) is 6.87. The van der Waals surface area contributed by atoms with Gasteiger partial charge >= 0.3 is 0 Å². The molecule has 0 saturated carbocycles. The van der Waals surface area contributed by atoms with Gasteiger partial charge in [0.1, 0.15) is 0 Å². The summed E-state index contributed by atoms with van der Waals surface area (Å²) in [6.45, 7) is 2.23. The predicted molar refractivity (Wildman–Crippen MR) is 77.0 cm³/mol. The summed E-state index contributed by atoms with van der Waals surface area (Å²) in [5, 5.41) is 0. The van der Waals surface area contributed by atoms with Crippen LogP contribution in [-0.2, 0) is 4.79 Å². The van der Waals surface area contributed by atoms with Crippen LogP contribution in [0.4, 0.5) is 0 Å². The van der Waals surface area contributed by atoms with E-state index in [2.05, 4.69) is 15.9 Å². The Morgan fingerprint density at radius 1 is 1.50 bits per heavy atom. The van der Waals surface area contributed by atoms with Gasteiger partial charge in [-0.2, -0.15) is 0 Å². The van der Waals surface area contributed by atoms with E-state index in [1.807, 2.05) is 43.1 Å². The van der Waals surface area contributed by atoms with Crippen molar-refractivity contribution in [1.29, 1.82) is 0 Å². The zero-order valence-corrected chi connectivity index (χ0v) is 12.4. The van der Waals surface area contributed by atoms with E-state index >= 15 is 0 Å². The van der Waals surface area contributed by atoms with Crippen molar-refractivity contribution in [1.82, 2.24) is 4.90 Å². The molecular formula is C13H20BrN3O. The molecule has 0 aliphatic heterocycles. The molecule has 0 radical (unpaired) electrons. The van der Waals surface area contributed by atoms with Gasteiger partial charge in [-0.15, -0.1) is 0 Å². The highest BCUT2D eigenvalue weighted by molar-refractivity contribution is 9.10. The molecule has 0 fully saturated rings. The lowest BCUT2D eigenvalue weighted by Gasteiger charge is -2.32. The number of rotatable bonds is 6. The van der Waals surface area contributed by atoms with Crippen LogP contribution in [0.3, 0.4) is 0 Å². The number of nitrogens with zero attached hydrogens (tertiary/aromatic N) is 1. The third-order valence-electron chi connectivity index (χ3n) is 2.95. The molecule has 0 aliphatic carbocycles. The standard InChI is InChI=1S/C13H20BrN3O/c1-3-11(15)13(17(2)8-12(16)18)9-5-4-6-10(14)7-9/h4-7,11,13H,3,8,15H2,1-2H3,(H2,16,18). The molecule has 4 nitrogen and oxygen atoms in total. The molecule has 4 N–H and O–H groups in total. The van der Waals surface area contributed by atoms with E-state index < -0.39 is 0 Å². The van der Waals surface area contributed by atoms with Gasteiger partial charge in [0.05, 0.1) is 12.6 Å². The van der Waals surface area contributed by atoms with E-state index in [9.17, 15) is 4.79 Å². The van der Waals surface area contributed by atoms with Crippen LogP contribution in [0.1, 0.15) is 24.9 Å². The van der Waals surface area contributed by atoms with Crippen LogP contribution < -0.4 is 11.5 Å². The van der Waals surface area contributed by atoms with Gasteiger partial charge in [-0.05, 0) is 31.2 Å². The van der Waals surface area contributed by atoms with E-state index in [4.69, 9.17) is 11.5 Å². The summed E-state index contributed by atoms with van der Waals surface area (Å²) in [6.07, 6.45) is 0.834. The van der Waals surface area contributed by atoms with E-state index in [1.54, 1.807) is 0 Å². The van der Waals surface area contributed by atoms with Crippen LogP contribution in [0.2, 0.25) is 0 Å². The number of carbonyl (C=O) groups excluding carboxylic acids is 1. The number of amides is 1. The zero-order valence-electron chi connectivity index (χ0n) is 10.8. The Labute approximate surface area is 116 Å². The van der Waals surface area contributed by atoms with Crippen LogP contribution in [0.5, 0.6) is 0 Å². The van der Waals surface area contributed by atoms with Gasteiger partial charge in [-0.25, -0.2) is 0 Å². The number of carbonyl (C=O) groups is 1. The van der Waals surface area contributed by atoms with Crippen LogP contribution >= 0.6 is 15.9 Å². The van der Waals surface area contributed by atoms with Gasteiger partial charge in [-0.3, -0.25) is 9.69 Å². The molecule has 1 amide bonds. The third kappa shape index (κ3) is 4.08. The fraction of sp³-hybridized carbons (Fsp3) is 0.462. The molecule has 1 aromatic carbocycles. The summed E-state index contributed by atoms with van der Waals surface area (Å²) in [6, 6.07) is 7.92. The average Bonchev–Trinajstić information content (AvgIpc) is 2.28. The second-order valence-electron chi connectivity index (χ2n) is 4.45. The first-order chi connectivity index (χ1) is 8.45. The predicted octanol–water partition coefficient (Wildman–Crippen LogP) is 1.64. The molecule has 0 spiro atoms. The minimum absolute atomic E-state index is 0.0139. The van der Waals surface area contributed by atoms with Crippen LogP contribution in [0.25, 0.3) is 0 Å². The molecule has 2 atom stereocenters. The molecule has 2 unspecified atom stereocenters. The topological polar surface area (TPSA) is 72.3 Å². The smallest absolute Gasteiger partial charge is 0.231 e. The minimum atomic E-state index is -0.346. The first-order valence-corrected chi connectivity index (χ1v) is 6.74. The molecule has 0 bridgehead atoms. The van der Waals surface area contributed by atoms with E-state index in [0.29, 0.717) is 0 Å². The third-order valence-corrected chi connectivity index (χ3v) is 3.44. The summed E-state index contributed by atoms with van der Waals surface area (Å²) < 4.78 is 1.00. The number of nitrogens with two attached hydrogens (primary N) is 2. The highest BCUT2D eigenvalue weighted by atomic mass is 79.9. The lowest BCUT2D eigenvalue weighted by Crippen LogP contribution is -2.42. The largest absolute Gasteiger partial charge is 0.369 e. The maximum Gasteiger partial charge on any atom is 0.231 e. The molecule has 100 valence electrons. The maximum atomic E-state index is 11.1. The van der Waals surface area contributed by atoms with Gasteiger partial charge in [0, 0.05) is 10.5 Å². The average molecular weight is 314 g/mol. The zero-order chi connectivity index (χ0) is 13.7. The number of likely N-dealkylation sites (N-methyl/N-ethyl adjacent to an activating group) is 1. The number of hydrogen-bond acceptors (Lipinski definition) is 3. The first kappa shape index (κ1) is 15.1. The van der Waals surface area contributed by atoms with E-state index in [-0.39, 0.29) is 24.5 Å². The molecule has 0 aliphatic rings. The fourth-order valence-electron chi connectivity index (χ4n) is 2.09. The Morgan fingerprint density at radius 3 is 2.67 bits per heavy atom. The Morgan fingerprint density at radius 2 is 2.17 bits per heavy atom. The Balaban J connectivity index is 3.01. The van der Waals surface area contributed by atoms with Crippen LogP contribution in [0.15, 0.2) is 28.7 Å². The number of primary amides is 1. The first-order valence-electron chi connectivity index (χ1n) is 5.95. The minimum Gasteiger partial charge on any atom is -0.369 e. The highest BCUT2D eigenvalue weighted by Gasteiger charge is 2.24. The monoisotopic (exact) mass is 313 g/mol. The van der Waals surface area contributed by atoms with Crippen molar-refractivity contribution in [2.75, 3.05) is 13.6 Å². The van der Waals surface area contributed by atoms with E-state index in [0.717, 1.165) is 16.5 Å². The summed E-state index contributed by atoms with van der Waals surface area (Å²) in [7, 11) is 1.87. The molecule has 0 heterocycles. The van der Waals surface area contributed by atoms with Crippen LogP contribution in [-0.4, -0.2) is 30.4 Å². The van der Waals surface area contributed by atoms with Gasteiger partial charge in [0.2, 0.25) is 5.91 Å². The van der Waals surface area contributed by atoms with E-state index in [1.165, 1.54) is 0 Å². The second-order valence-corrected chi connectivity index (χ2v) is 5.37. The summed E-state index contributed by atoms with van der Waals surface area (Å²) >= 11 is 3.45. The van der Waals surface area contributed by atoms with Gasteiger partial charge in [0.15, 0.2) is 0 Å². The Hall–Kier alpha value is -0.910. The lowest BCUT2D eigenvalue weighted by molar-refractivity contribution is -0.119. The molecular weight excluding hydrogens is 294 g/mol. The lowest BCUT2D eigenvalue weighted by atomic mass is 9.97. The number of benzene rings is 1. The molecule has 0 saturated heterocycles. The summed E-state index contributed by atoms with van der Waals surface area (Å²) in [4.78, 5) is 13.0. The molecule has 0 aromatic heterocycles. The highest BCUT2D eigenvalue weighted by Crippen LogP contribution is 2.26. The molecule has 1 rings (SSSR count). The summed E-state index contributed by atoms with van der Waals surface area (Å²) in [5.74, 6) is -0.346. The van der Waals surface area contributed by atoms with Crippen molar-refractivity contribution in [2.45, 2.75) is 25.4 Å². The normalized spacial score (nSPS) is 14.5. The fourth-order valence-corrected chi connectivity index (χ4v) is 2.50. The Bertz CT molecular complexity index is 411. The molecule has 1 aromatic rings. The SMILES string of the molecule is CCC(N)C(c1cccc(Br)c1)N(C)CC(N)=O. The number of halogens is 1. The quantitative estimate of drug-likeness (QED) is 0.838.